The Hall–Kier alpha value is -2.04. The number of morpholine rings is 1. The fourth-order valence-electron chi connectivity index (χ4n) is 2.41. The highest BCUT2D eigenvalue weighted by Gasteiger charge is 2.22. The standard InChI is InChI=1S/C16H19N5OS/c1-12-3-5-14(6-4-12)21-15(20-7-9-22-10-8-20)18-19-16(21)23-13(2)11-17/h3-6,13H,7-10H2,1-2H3. The molecule has 2 heterocycles. The van der Waals surface area contributed by atoms with E-state index in [9.17, 15) is 0 Å². The van der Waals surface area contributed by atoms with Gasteiger partial charge in [0, 0.05) is 13.1 Å². The van der Waals surface area contributed by atoms with E-state index in [0.717, 1.165) is 29.9 Å². The van der Waals surface area contributed by atoms with E-state index in [2.05, 4.69) is 52.4 Å². The highest BCUT2D eigenvalue weighted by molar-refractivity contribution is 8.00. The minimum atomic E-state index is -0.180. The molecule has 0 spiro atoms. The Labute approximate surface area is 140 Å². The Morgan fingerprint density at radius 1 is 1.22 bits per heavy atom. The summed E-state index contributed by atoms with van der Waals surface area (Å²) in [5, 5.41) is 18.4. The van der Waals surface area contributed by atoms with Crippen molar-refractivity contribution in [3.05, 3.63) is 29.8 Å². The molecule has 3 rings (SSSR count). The summed E-state index contributed by atoms with van der Waals surface area (Å²) in [4.78, 5) is 2.18. The lowest BCUT2D eigenvalue weighted by molar-refractivity contribution is 0.122. The quantitative estimate of drug-likeness (QED) is 0.803. The fourth-order valence-corrected chi connectivity index (χ4v) is 3.16. The van der Waals surface area contributed by atoms with Gasteiger partial charge in [0.15, 0.2) is 5.16 Å². The van der Waals surface area contributed by atoms with Crippen molar-refractivity contribution in [1.29, 1.82) is 5.26 Å². The van der Waals surface area contributed by atoms with Crippen molar-refractivity contribution in [1.82, 2.24) is 14.8 Å². The molecular formula is C16H19N5OS. The van der Waals surface area contributed by atoms with Gasteiger partial charge in [-0.25, -0.2) is 0 Å². The molecule has 1 aromatic heterocycles. The number of thioether (sulfide) groups is 1. The molecule has 120 valence electrons. The van der Waals surface area contributed by atoms with Gasteiger partial charge >= 0.3 is 0 Å². The minimum Gasteiger partial charge on any atom is -0.378 e. The summed E-state index contributed by atoms with van der Waals surface area (Å²) >= 11 is 1.42. The van der Waals surface area contributed by atoms with Crippen molar-refractivity contribution < 1.29 is 4.74 Å². The Balaban J connectivity index is 2.02. The first-order valence-electron chi connectivity index (χ1n) is 7.60. The number of aryl methyl sites for hydroxylation is 1. The van der Waals surface area contributed by atoms with Gasteiger partial charge in [-0.1, -0.05) is 29.5 Å². The Morgan fingerprint density at radius 2 is 1.91 bits per heavy atom. The monoisotopic (exact) mass is 329 g/mol. The average molecular weight is 329 g/mol. The lowest BCUT2D eigenvalue weighted by atomic mass is 10.2. The second kappa shape index (κ2) is 7.02. The molecule has 1 fully saturated rings. The molecule has 1 unspecified atom stereocenters. The first kappa shape index (κ1) is 15.8. The van der Waals surface area contributed by atoms with Crippen LogP contribution in [0.15, 0.2) is 29.4 Å². The van der Waals surface area contributed by atoms with Gasteiger partial charge in [-0.05, 0) is 26.0 Å². The van der Waals surface area contributed by atoms with Crippen molar-refractivity contribution in [2.45, 2.75) is 24.3 Å². The van der Waals surface area contributed by atoms with Gasteiger partial charge in [-0.15, -0.1) is 10.2 Å². The maximum atomic E-state index is 9.09. The van der Waals surface area contributed by atoms with Crippen LogP contribution in [-0.4, -0.2) is 46.3 Å². The van der Waals surface area contributed by atoms with Gasteiger partial charge in [0.2, 0.25) is 5.95 Å². The zero-order valence-corrected chi connectivity index (χ0v) is 14.1. The molecule has 1 aliphatic rings. The number of aromatic nitrogens is 3. The smallest absolute Gasteiger partial charge is 0.232 e. The Morgan fingerprint density at radius 3 is 2.57 bits per heavy atom. The number of nitrogens with zero attached hydrogens (tertiary/aromatic N) is 5. The number of hydrogen-bond donors (Lipinski definition) is 0. The van der Waals surface area contributed by atoms with Gasteiger partial charge < -0.3 is 9.64 Å². The third-order valence-electron chi connectivity index (χ3n) is 3.67. The van der Waals surface area contributed by atoms with E-state index in [4.69, 9.17) is 10.00 Å². The summed E-state index contributed by atoms with van der Waals surface area (Å²) in [5.41, 5.74) is 2.21. The maximum absolute atomic E-state index is 9.09. The molecular weight excluding hydrogens is 310 g/mol. The summed E-state index contributed by atoms with van der Waals surface area (Å²) in [6, 6.07) is 10.5. The normalized spacial score (nSPS) is 16.1. The third-order valence-corrected chi connectivity index (χ3v) is 4.60. The summed E-state index contributed by atoms with van der Waals surface area (Å²) in [7, 11) is 0. The predicted octanol–water partition coefficient (Wildman–Crippen LogP) is 2.42. The summed E-state index contributed by atoms with van der Waals surface area (Å²) in [6.07, 6.45) is 0. The van der Waals surface area contributed by atoms with Crippen molar-refractivity contribution in [3.8, 4) is 11.8 Å². The van der Waals surface area contributed by atoms with Gasteiger partial charge in [-0.3, -0.25) is 4.57 Å². The van der Waals surface area contributed by atoms with Crippen LogP contribution in [0.25, 0.3) is 5.69 Å². The molecule has 0 aliphatic carbocycles. The van der Waals surface area contributed by atoms with E-state index in [1.54, 1.807) is 0 Å². The van der Waals surface area contributed by atoms with Gasteiger partial charge in [-0.2, -0.15) is 5.26 Å². The summed E-state index contributed by atoms with van der Waals surface area (Å²) in [5.74, 6) is 0.810. The molecule has 6 nitrogen and oxygen atoms in total. The SMILES string of the molecule is Cc1ccc(-n2c(SC(C)C#N)nnc2N2CCOCC2)cc1. The molecule has 0 amide bonds. The van der Waals surface area contributed by atoms with Crippen molar-refractivity contribution in [2.75, 3.05) is 31.2 Å². The number of benzene rings is 1. The van der Waals surface area contributed by atoms with E-state index >= 15 is 0 Å². The van der Waals surface area contributed by atoms with E-state index < -0.39 is 0 Å². The van der Waals surface area contributed by atoms with Crippen molar-refractivity contribution >= 4 is 17.7 Å². The molecule has 1 aromatic carbocycles. The molecule has 23 heavy (non-hydrogen) atoms. The molecule has 0 N–H and O–H groups in total. The molecule has 0 saturated carbocycles. The highest BCUT2D eigenvalue weighted by Crippen LogP contribution is 2.29. The average Bonchev–Trinajstić information content (AvgIpc) is 3.00. The highest BCUT2D eigenvalue weighted by atomic mass is 32.2. The Kier molecular flexibility index (Phi) is 4.84. The number of rotatable bonds is 4. The lowest BCUT2D eigenvalue weighted by Gasteiger charge is -2.28. The van der Waals surface area contributed by atoms with Gasteiger partial charge in [0.25, 0.3) is 0 Å². The topological polar surface area (TPSA) is 67.0 Å². The van der Waals surface area contributed by atoms with E-state index in [1.807, 2.05) is 11.5 Å². The zero-order valence-electron chi connectivity index (χ0n) is 13.3. The second-order valence-corrected chi connectivity index (χ2v) is 6.75. The maximum Gasteiger partial charge on any atom is 0.232 e. The van der Waals surface area contributed by atoms with Crippen LogP contribution in [0.4, 0.5) is 5.95 Å². The number of hydrogen-bond acceptors (Lipinski definition) is 6. The van der Waals surface area contributed by atoms with Gasteiger partial charge in [0.05, 0.1) is 30.2 Å². The van der Waals surface area contributed by atoms with Crippen LogP contribution in [0, 0.1) is 18.3 Å². The molecule has 0 radical (unpaired) electrons. The summed E-state index contributed by atoms with van der Waals surface area (Å²) in [6.45, 7) is 6.90. The van der Waals surface area contributed by atoms with Crippen molar-refractivity contribution in [3.63, 3.8) is 0 Å². The van der Waals surface area contributed by atoms with E-state index in [0.29, 0.717) is 13.2 Å². The molecule has 7 heteroatoms. The summed E-state index contributed by atoms with van der Waals surface area (Å²) < 4.78 is 7.45. The largest absolute Gasteiger partial charge is 0.378 e. The molecule has 1 atom stereocenters. The first-order chi connectivity index (χ1) is 11.2. The fraction of sp³-hybridized carbons (Fsp3) is 0.438. The molecule has 0 bridgehead atoms. The number of nitriles is 1. The van der Waals surface area contributed by atoms with Crippen LogP contribution in [0.1, 0.15) is 12.5 Å². The second-order valence-electron chi connectivity index (χ2n) is 5.44. The first-order valence-corrected chi connectivity index (χ1v) is 8.48. The van der Waals surface area contributed by atoms with E-state index in [1.165, 1.54) is 17.3 Å². The van der Waals surface area contributed by atoms with Crippen LogP contribution in [0.3, 0.4) is 0 Å². The van der Waals surface area contributed by atoms with Crippen LogP contribution in [0.5, 0.6) is 0 Å². The van der Waals surface area contributed by atoms with E-state index in [-0.39, 0.29) is 5.25 Å². The molecule has 2 aromatic rings. The Bertz CT molecular complexity index is 700. The zero-order chi connectivity index (χ0) is 16.2. The minimum absolute atomic E-state index is 0.180. The van der Waals surface area contributed by atoms with Gasteiger partial charge in [0.1, 0.15) is 0 Å². The predicted molar refractivity (Wildman–Crippen MR) is 90.1 cm³/mol. The van der Waals surface area contributed by atoms with Crippen LogP contribution in [0.2, 0.25) is 0 Å². The van der Waals surface area contributed by atoms with Crippen molar-refractivity contribution in [2.24, 2.45) is 0 Å². The third kappa shape index (κ3) is 3.49. The lowest BCUT2D eigenvalue weighted by Crippen LogP contribution is -2.37. The van der Waals surface area contributed by atoms with Crippen LogP contribution in [-0.2, 0) is 4.74 Å². The van der Waals surface area contributed by atoms with Crippen LogP contribution >= 0.6 is 11.8 Å². The molecule has 1 aliphatic heterocycles. The number of anilines is 1. The molecule has 1 saturated heterocycles. The number of ether oxygens (including phenoxy) is 1. The van der Waals surface area contributed by atoms with Crippen LogP contribution < -0.4 is 4.90 Å².